The van der Waals surface area contributed by atoms with Crippen molar-refractivity contribution in [3.63, 3.8) is 0 Å². The summed E-state index contributed by atoms with van der Waals surface area (Å²) in [5, 5.41) is 12.4. The molecule has 4 nitrogen and oxygen atoms in total. The van der Waals surface area contributed by atoms with Crippen molar-refractivity contribution in [2.75, 3.05) is 0 Å². The fraction of sp³-hybridized carbons (Fsp3) is 0.176. The number of amides is 1. The van der Waals surface area contributed by atoms with Crippen LogP contribution in [0.5, 0.6) is 5.75 Å². The molecule has 0 saturated heterocycles. The van der Waals surface area contributed by atoms with Gasteiger partial charge in [0.05, 0.1) is 16.7 Å². The van der Waals surface area contributed by atoms with Crippen molar-refractivity contribution >= 4 is 29.1 Å². The van der Waals surface area contributed by atoms with E-state index in [0.717, 1.165) is 5.56 Å². The van der Waals surface area contributed by atoms with Gasteiger partial charge in [-0.1, -0.05) is 35.3 Å². The Morgan fingerprint density at radius 2 is 1.96 bits per heavy atom. The van der Waals surface area contributed by atoms with Gasteiger partial charge >= 0.3 is 0 Å². The van der Waals surface area contributed by atoms with Gasteiger partial charge in [-0.15, -0.1) is 0 Å². The molecule has 1 N–H and O–H groups in total. The van der Waals surface area contributed by atoms with E-state index in [0.29, 0.717) is 27.9 Å². The van der Waals surface area contributed by atoms with Crippen LogP contribution < -0.4 is 10.1 Å². The lowest BCUT2D eigenvalue weighted by molar-refractivity contribution is -0.127. The Labute approximate surface area is 144 Å². The molecular weight excluding hydrogens is 335 g/mol. The standard InChI is InChI=1S/C17H14Cl2N2O2/c1-11(23-16-7-6-14(18)8-15(16)19)17(22)21-10-13-4-2-12(9-20)3-5-13/h2-8,11H,10H2,1H3,(H,21,22). The maximum absolute atomic E-state index is 12.1. The zero-order valence-corrected chi connectivity index (χ0v) is 13.9. The summed E-state index contributed by atoms with van der Waals surface area (Å²) in [5.41, 5.74) is 1.48. The molecule has 0 fully saturated rings. The molecule has 2 rings (SSSR count). The molecule has 1 amide bonds. The SMILES string of the molecule is CC(Oc1ccc(Cl)cc1Cl)C(=O)NCc1ccc(C#N)cc1. The number of nitrogens with one attached hydrogen (secondary N) is 1. The molecule has 0 spiro atoms. The van der Waals surface area contributed by atoms with Crippen LogP contribution in [0.15, 0.2) is 42.5 Å². The highest BCUT2D eigenvalue weighted by Gasteiger charge is 2.16. The fourth-order valence-corrected chi connectivity index (χ4v) is 2.30. The average molecular weight is 349 g/mol. The third-order valence-corrected chi connectivity index (χ3v) is 3.65. The van der Waals surface area contributed by atoms with Crippen LogP contribution in [0.3, 0.4) is 0 Å². The first-order valence-corrected chi connectivity index (χ1v) is 7.63. The van der Waals surface area contributed by atoms with Crippen LogP contribution in [0.2, 0.25) is 10.0 Å². The van der Waals surface area contributed by atoms with Crippen LogP contribution in [0.25, 0.3) is 0 Å². The maximum atomic E-state index is 12.1. The topological polar surface area (TPSA) is 62.1 Å². The number of hydrogen-bond acceptors (Lipinski definition) is 3. The van der Waals surface area contributed by atoms with Gasteiger partial charge < -0.3 is 10.1 Å². The lowest BCUT2D eigenvalue weighted by Gasteiger charge is -2.15. The van der Waals surface area contributed by atoms with Crippen molar-refractivity contribution in [1.29, 1.82) is 5.26 Å². The number of carbonyl (C=O) groups is 1. The molecule has 0 aliphatic heterocycles. The fourth-order valence-electron chi connectivity index (χ4n) is 1.84. The molecule has 0 bridgehead atoms. The lowest BCUT2D eigenvalue weighted by Crippen LogP contribution is -2.35. The van der Waals surface area contributed by atoms with E-state index in [1.165, 1.54) is 0 Å². The highest BCUT2D eigenvalue weighted by Crippen LogP contribution is 2.28. The quantitative estimate of drug-likeness (QED) is 0.889. The van der Waals surface area contributed by atoms with Crippen LogP contribution in [0.4, 0.5) is 0 Å². The molecule has 0 saturated carbocycles. The summed E-state index contributed by atoms with van der Waals surface area (Å²) in [4.78, 5) is 12.1. The summed E-state index contributed by atoms with van der Waals surface area (Å²) in [6.45, 7) is 1.99. The van der Waals surface area contributed by atoms with Crippen LogP contribution in [-0.4, -0.2) is 12.0 Å². The van der Waals surface area contributed by atoms with E-state index >= 15 is 0 Å². The molecule has 0 aliphatic rings. The van der Waals surface area contributed by atoms with Gasteiger partial charge in [-0.05, 0) is 42.8 Å². The minimum absolute atomic E-state index is 0.264. The molecule has 23 heavy (non-hydrogen) atoms. The molecule has 0 radical (unpaired) electrons. The summed E-state index contributed by atoms with van der Waals surface area (Å²) in [5.74, 6) is 0.137. The first-order valence-electron chi connectivity index (χ1n) is 6.88. The molecule has 118 valence electrons. The number of rotatable bonds is 5. The average Bonchev–Trinajstić information content (AvgIpc) is 2.55. The molecule has 0 aliphatic carbocycles. The van der Waals surface area contributed by atoms with Crippen molar-refractivity contribution < 1.29 is 9.53 Å². The molecular formula is C17H14Cl2N2O2. The summed E-state index contributed by atoms with van der Waals surface area (Å²) < 4.78 is 5.54. The monoisotopic (exact) mass is 348 g/mol. The van der Waals surface area contributed by atoms with E-state index in [9.17, 15) is 4.79 Å². The zero-order chi connectivity index (χ0) is 16.8. The molecule has 0 heterocycles. The van der Waals surface area contributed by atoms with Gasteiger partial charge in [-0.2, -0.15) is 5.26 Å². The minimum Gasteiger partial charge on any atom is -0.479 e. The maximum Gasteiger partial charge on any atom is 0.261 e. The van der Waals surface area contributed by atoms with Crippen molar-refractivity contribution in [2.24, 2.45) is 0 Å². The first-order chi connectivity index (χ1) is 11.0. The van der Waals surface area contributed by atoms with E-state index in [1.54, 1.807) is 49.4 Å². The molecule has 0 aromatic heterocycles. The largest absolute Gasteiger partial charge is 0.479 e. The third-order valence-electron chi connectivity index (χ3n) is 3.12. The minimum atomic E-state index is -0.702. The van der Waals surface area contributed by atoms with E-state index in [1.807, 2.05) is 6.07 Å². The molecule has 2 aromatic carbocycles. The summed E-state index contributed by atoms with van der Waals surface area (Å²) in [7, 11) is 0. The van der Waals surface area contributed by atoms with Gasteiger partial charge in [0, 0.05) is 11.6 Å². The predicted molar refractivity (Wildman–Crippen MR) is 89.6 cm³/mol. The highest BCUT2D eigenvalue weighted by atomic mass is 35.5. The Kier molecular flexibility index (Phi) is 5.86. The Hall–Kier alpha value is -2.22. The van der Waals surface area contributed by atoms with Crippen molar-refractivity contribution in [1.82, 2.24) is 5.32 Å². The number of hydrogen-bond donors (Lipinski definition) is 1. The van der Waals surface area contributed by atoms with Gasteiger partial charge in [0.1, 0.15) is 5.75 Å². The van der Waals surface area contributed by atoms with Crippen LogP contribution in [0, 0.1) is 11.3 Å². The van der Waals surface area contributed by atoms with Gasteiger partial charge in [-0.25, -0.2) is 0 Å². The lowest BCUT2D eigenvalue weighted by atomic mass is 10.1. The summed E-state index contributed by atoms with van der Waals surface area (Å²) in [6, 6.07) is 13.9. The number of benzene rings is 2. The van der Waals surface area contributed by atoms with E-state index < -0.39 is 6.10 Å². The van der Waals surface area contributed by atoms with Gasteiger partial charge in [0.25, 0.3) is 5.91 Å². The third kappa shape index (κ3) is 4.88. The second-order valence-corrected chi connectivity index (χ2v) is 5.70. The number of nitriles is 1. The van der Waals surface area contributed by atoms with Gasteiger partial charge in [0.2, 0.25) is 0 Å². The van der Waals surface area contributed by atoms with Crippen molar-refractivity contribution in [3.8, 4) is 11.8 Å². The molecule has 6 heteroatoms. The predicted octanol–water partition coefficient (Wildman–Crippen LogP) is 3.95. The van der Waals surface area contributed by atoms with Gasteiger partial charge in [-0.3, -0.25) is 4.79 Å². The summed E-state index contributed by atoms with van der Waals surface area (Å²) >= 11 is 11.8. The van der Waals surface area contributed by atoms with E-state index in [-0.39, 0.29) is 5.91 Å². The van der Waals surface area contributed by atoms with E-state index in [2.05, 4.69) is 5.32 Å². The Balaban J connectivity index is 1.90. The Morgan fingerprint density at radius 3 is 2.57 bits per heavy atom. The summed E-state index contributed by atoms with van der Waals surface area (Å²) in [6.07, 6.45) is -0.702. The zero-order valence-electron chi connectivity index (χ0n) is 12.3. The van der Waals surface area contributed by atoms with Crippen LogP contribution in [0.1, 0.15) is 18.1 Å². The first kappa shape index (κ1) is 17.1. The Morgan fingerprint density at radius 1 is 1.26 bits per heavy atom. The molecule has 1 unspecified atom stereocenters. The normalized spacial score (nSPS) is 11.4. The number of halogens is 2. The van der Waals surface area contributed by atoms with Crippen LogP contribution in [-0.2, 0) is 11.3 Å². The van der Waals surface area contributed by atoms with Crippen LogP contribution >= 0.6 is 23.2 Å². The smallest absolute Gasteiger partial charge is 0.261 e. The number of carbonyl (C=O) groups excluding carboxylic acids is 1. The second-order valence-electron chi connectivity index (χ2n) is 4.86. The highest BCUT2D eigenvalue weighted by molar-refractivity contribution is 6.35. The van der Waals surface area contributed by atoms with Gasteiger partial charge in [0.15, 0.2) is 6.10 Å². The van der Waals surface area contributed by atoms with Crippen molar-refractivity contribution in [2.45, 2.75) is 19.6 Å². The number of nitrogens with zero attached hydrogens (tertiary/aromatic N) is 1. The second kappa shape index (κ2) is 7.87. The molecule has 1 atom stereocenters. The van der Waals surface area contributed by atoms with E-state index in [4.69, 9.17) is 33.2 Å². The number of ether oxygens (including phenoxy) is 1. The molecule has 2 aromatic rings. The Bertz CT molecular complexity index is 739. The van der Waals surface area contributed by atoms with Crippen molar-refractivity contribution in [3.05, 3.63) is 63.6 Å².